The first kappa shape index (κ1) is 15.6. The Hall–Kier alpha value is -1.74. The molecule has 2 rings (SSSR count). The van der Waals surface area contributed by atoms with Gasteiger partial charge in [0, 0.05) is 10.9 Å². The highest BCUT2D eigenvalue weighted by Crippen LogP contribution is 2.35. The van der Waals surface area contributed by atoms with Gasteiger partial charge in [-0.2, -0.15) is 0 Å². The van der Waals surface area contributed by atoms with E-state index in [1.165, 1.54) is 0 Å². The number of thioether (sulfide) groups is 1. The number of hydrogen-bond donors (Lipinski definition) is 1. The molecule has 1 N–H and O–H groups in total. The molecular formula is C18H21NOS. The van der Waals surface area contributed by atoms with Crippen LogP contribution in [0.5, 0.6) is 0 Å². The lowest BCUT2D eigenvalue weighted by Gasteiger charge is -2.19. The maximum Gasteiger partial charge on any atom is 0.238 e. The van der Waals surface area contributed by atoms with E-state index < -0.39 is 0 Å². The number of nitrogens with one attached hydrogen (secondary N) is 1. The SMILES string of the molecule is CC[C@@H](C)NC(=O)[C@H](Sc1ccccc1)c1ccccc1. The lowest BCUT2D eigenvalue weighted by Crippen LogP contribution is -2.35. The third-order valence-corrected chi connectivity index (χ3v) is 4.60. The molecule has 110 valence electrons. The van der Waals surface area contributed by atoms with Crippen molar-refractivity contribution in [3.05, 3.63) is 66.2 Å². The first-order chi connectivity index (χ1) is 10.2. The van der Waals surface area contributed by atoms with Gasteiger partial charge in [-0.05, 0) is 31.0 Å². The molecule has 2 atom stereocenters. The summed E-state index contributed by atoms with van der Waals surface area (Å²) in [6.45, 7) is 4.11. The van der Waals surface area contributed by atoms with Crippen LogP contribution in [-0.4, -0.2) is 11.9 Å². The molecule has 0 radical (unpaired) electrons. The Labute approximate surface area is 131 Å². The van der Waals surface area contributed by atoms with Crippen LogP contribution < -0.4 is 5.32 Å². The van der Waals surface area contributed by atoms with Gasteiger partial charge in [0.25, 0.3) is 0 Å². The van der Waals surface area contributed by atoms with E-state index in [-0.39, 0.29) is 17.2 Å². The maximum atomic E-state index is 12.6. The fraction of sp³-hybridized carbons (Fsp3) is 0.278. The third kappa shape index (κ3) is 4.64. The molecule has 0 saturated carbocycles. The second-order valence-corrected chi connectivity index (χ2v) is 6.22. The van der Waals surface area contributed by atoms with Crippen LogP contribution in [0.1, 0.15) is 31.1 Å². The number of rotatable bonds is 6. The van der Waals surface area contributed by atoms with Crippen molar-refractivity contribution < 1.29 is 4.79 Å². The zero-order chi connectivity index (χ0) is 15.1. The van der Waals surface area contributed by atoms with E-state index in [1.807, 2.05) is 67.6 Å². The third-order valence-electron chi connectivity index (χ3n) is 3.34. The number of carbonyl (C=O) groups excluding carboxylic acids is 1. The van der Waals surface area contributed by atoms with Gasteiger partial charge in [-0.15, -0.1) is 11.8 Å². The Morgan fingerprint density at radius 3 is 2.19 bits per heavy atom. The molecule has 0 unspecified atom stereocenters. The van der Waals surface area contributed by atoms with Gasteiger partial charge in [-0.25, -0.2) is 0 Å². The van der Waals surface area contributed by atoms with Gasteiger partial charge in [-0.1, -0.05) is 55.5 Å². The molecule has 0 bridgehead atoms. The zero-order valence-corrected chi connectivity index (χ0v) is 13.3. The number of carbonyl (C=O) groups is 1. The molecule has 0 spiro atoms. The number of benzene rings is 2. The van der Waals surface area contributed by atoms with E-state index in [0.29, 0.717) is 0 Å². The summed E-state index contributed by atoms with van der Waals surface area (Å²) in [5.41, 5.74) is 1.03. The molecule has 0 aliphatic carbocycles. The number of amides is 1. The lowest BCUT2D eigenvalue weighted by atomic mass is 10.1. The standard InChI is InChI=1S/C18H21NOS/c1-3-14(2)19-18(20)17(15-10-6-4-7-11-15)21-16-12-8-5-9-13-16/h4-14,17H,3H2,1-2H3,(H,19,20)/t14-,17-/m1/s1. The summed E-state index contributed by atoms with van der Waals surface area (Å²) in [5, 5.41) is 2.87. The van der Waals surface area contributed by atoms with E-state index in [1.54, 1.807) is 11.8 Å². The summed E-state index contributed by atoms with van der Waals surface area (Å²) in [6.07, 6.45) is 0.934. The minimum absolute atomic E-state index is 0.0735. The fourth-order valence-electron chi connectivity index (χ4n) is 1.96. The van der Waals surface area contributed by atoms with Crippen molar-refractivity contribution in [2.24, 2.45) is 0 Å². The molecule has 1 amide bonds. The zero-order valence-electron chi connectivity index (χ0n) is 12.5. The van der Waals surface area contributed by atoms with Crippen molar-refractivity contribution in [1.82, 2.24) is 5.32 Å². The molecule has 0 aliphatic heterocycles. The summed E-state index contributed by atoms with van der Waals surface area (Å²) in [4.78, 5) is 13.7. The molecule has 0 heterocycles. The summed E-state index contributed by atoms with van der Waals surface area (Å²) < 4.78 is 0. The van der Waals surface area contributed by atoms with Crippen molar-refractivity contribution in [3.63, 3.8) is 0 Å². The maximum absolute atomic E-state index is 12.6. The smallest absolute Gasteiger partial charge is 0.238 e. The molecule has 0 saturated heterocycles. The van der Waals surface area contributed by atoms with Gasteiger partial charge in [-0.3, -0.25) is 4.79 Å². The molecule has 0 aliphatic rings. The average Bonchev–Trinajstić information content (AvgIpc) is 2.54. The second-order valence-electron chi connectivity index (χ2n) is 5.04. The largest absolute Gasteiger partial charge is 0.352 e. The molecule has 2 nitrogen and oxygen atoms in total. The van der Waals surface area contributed by atoms with Crippen LogP contribution in [0, 0.1) is 0 Å². The molecule has 21 heavy (non-hydrogen) atoms. The van der Waals surface area contributed by atoms with Crippen LogP contribution in [-0.2, 0) is 4.79 Å². The van der Waals surface area contributed by atoms with E-state index in [4.69, 9.17) is 0 Å². The molecule has 0 fully saturated rings. The van der Waals surface area contributed by atoms with Gasteiger partial charge in [0.15, 0.2) is 0 Å². The monoisotopic (exact) mass is 299 g/mol. The Morgan fingerprint density at radius 2 is 1.62 bits per heavy atom. The van der Waals surface area contributed by atoms with Crippen LogP contribution in [0.25, 0.3) is 0 Å². The minimum Gasteiger partial charge on any atom is -0.352 e. The summed E-state index contributed by atoms with van der Waals surface area (Å²) in [5.74, 6) is 0.0735. The number of hydrogen-bond acceptors (Lipinski definition) is 2. The Balaban J connectivity index is 2.20. The van der Waals surface area contributed by atoms with Crippen LogP contribution in [0.3, 0.4) is 0 Å². The van der Waals surface area contributed by atoms with Crippen LogP contribution in [0.15, 0.2) is 65.6 Å². The van der Waals surface area contributed by atoms with Crippen molar-refractivity contribution >= 4 is 17.7 Å². The second kappa shape index (κ2) is 7.89. The highest BCUT2D eigenvalue weighted by molar-refractivity contribution is 8.00. The van der Waals surface area contributed by atoms with Crippen molar-refractivity contribution in [2.75, 3.05) is 0 Å². The van der Waals surface area contributed by atoms with E-state index >= 15 is 0 Å². The Morgan fingerprint density at radius 1 is 1.05 bits per heavy atom. The minimum atomic E-state index is -0.220. The Kier molecular flexibility index (Phi) is 5.88. The quantitative estimate of drug-likeness (QED) is 0.799. The van der Waals surface area contributed by atoms with E-state index in [9.17, 15) is 4.79 Å². The van der Waals surface area contributed by atoms with Crippen LogP contribution >= 0.6 is 11.8 Å². The topological polar surface area (TPSA) is 29.1 Å². The van der Waals surface area contributed by atoms with Gasteiger partial charge < -0.3 is 5.32 Å². The van der Waals surface area contributed by atoms with E-state index in [2.05, 4.69) is 12.2 Å². The molecular weight excluding hydrogens is 278 g/mol. The first-order valence-electron chi connectivity index (χ1n) is 7.27. The highest BCUT2D eigenvalue weighted by atomic mass is 32.2. The lowest BCUT2D eigenvalue weighted by molar-refractivity contribution is -0.121. The first-order valence-corrected chi connectivity index (χ1v) is 8.15. The van der Waals surface area contributed by atoms with Gasteiger partial charge in [0.2, 0.25) is 5.91 Å². The van der Waals surface area contributed by atoms with Crippen LogP contribution in [0.4, 0.5) is 0 Å². The summed E-state index contributed by atoms with van der Waals surface area (Å²) in [7, 11) is 0. The van der Waals surface area contributed by atoms with Crippen molar-refractivity contribution in [1.29, 1.82) is 0 Å². The molecule has 2 aromatic carbocycles. The Bertz CT molecular complexity index is 556. The van der Waals surface area contributed by atoms with Crippen LogP contribution in [0.2, 0.25) is 0 Å². The molecule has 0 aromatic heterocycles. The van der Waals surface area contributed by atoms with Gasteiger partial charge in [0.05, 0.1) is 0 Å². The fourth-order valence-corrected chi connectivity index (χ4v) is 3.01. The highest BCUT2D eigenvalue weighted by Gasteiger charge is 2.22. The normalized spacial score (nSPS) is 13.4. The summed E-state index contributed by atoms with van der Waals surface area (Å²) >= 11 is 1.59. The average molecular weight is 299 g/mol. The van der Waals surface area contributed by atoms with Crippen molar-refractivity contribution in [2.45, 2.75) is 36.5 Å². The van der Waals surface area contributed by atoms with Crippen molar-refractivity contribution in [3.8, 4) is 0 Å². The summed E-state index contributed by atoms with van der Waals surface area (Å²) in [6, 6.07) is 20.2. The van der Waals surface area contributed by atoms with E-state index in [0.717, 1.165) is 16.9 Å². The predicted molar refractivity (Wildman–Crippen MR) is 89.4 cm³/mol. The van der Waals surface area contributed by atoms with Gasteiger partial charge >= 0.3 is 0 Å². The molecule has 2 aromatic rings. The molecule has 3 heteroatoms. The predicted octanol–water partition coefficient (Wildman–Crippen LogP) is 4.43. The van der Waals surface area contributed by atoms with Gasteiger partial charge in [0.1, 0.15) is 5.25 Å².